The second-order valence-corrected chi connectivity index (χ2v) is 6.19. The van der Waals surface area contributed by atoms with E-state index >= 15 is 0 Å². The van der Waals surface area contributed by atoms with Crippen molar-refractivity contribution in [2.45, 2.75) is 19.9 Å². The summed E-state index contributed by atoms with van der Waals surface area (Å²) in [5.74, 6) is 0. The van der Waals surface area contributed by atoms with Gasteiger partial charge in [-0.25, -0.2) is 4.98 Å². The zero-order valence-electron chi connectivity index (χ0n) is 9.34. The second kappa shape index (κ2) is 5.98. The van der Waals surface area contributed by atoms with E-state index in [9.17, 15) is 0 Å². The molecule has 0 fully saturated rings. The number of rotatable bonds is 4. The summed E-state index contributed by atoms with van der Waals surface area (Å²) in [6.07, 6.45) is 1.00. The number of thiazole rings is 1. The maximum Gasteiger partial charge on any atom is 0.0926 e. The zero-order valence-corrected chi connectivity index (χ0v) is 13.3. The molecule has 2 aromatic rings. The van der Waals surface area contributed by atoms with E-state index in [1.807, 2.05) is 18.2 Å². The average Bonchev–Trinajstić information content (AvgIpc) is 2.76. The molecule has 17 heavy (non-hydrogen) atoms. The lowest BCUT2D eigenvalue weighted by Gasteiger charge is -2.09. The van der Waals surface area contributed by atoms with Crippen LogP contribution in [0.4, 0.5) is 5.69 Å². The Kier molecular flexibility index (Phi) is 4.59. The van der Waals surface area contributed by atoms with E-state index in [1.165, 1.54) is 5.01 Å². The fraction of sp³-hybridized carbons (Fsp3) is 0.250. The van der Waals surface area contributed by atoms with Crippen molar-refractivity contribution < 1.29 is 0 Å². The Labute approximate surface area is 122 Å². The minimum atomic E-state index is 0.748. The molecular weight excluding hydrogens is 364 g/mol. The third-order valence-electron chi connectivity index (χ3n) is 2.31. The molecule has 1 heterocycles. The third-order valence-corrected chi connectivity index (χ3v) is 4.67. The number of nitrogens with zero attached hydrogens (tertiary/aromatic N) is 1. The zero-order chi connectivity index (χ0) is 12.3. The first-order chi connectivity index (χ1) is 8.20. The molecule has 0 radical (unpaired) electrons. The largest absolute Gasteiger partial charge is 0.378 e. The maximum absolute atomic E-state index is 4.53. The normalized spacial score (nSPS) is 10.5. The predicted molar refractivity (Wildman–Crippen MR) is 80.7 cm³/mol. The standard InChI is InChI=1S/C12H12Br2N2S/c1-2-11-16-8(7-17-11)6-15-12-9(13)4-3-5-10(12)14/h3-5,7,15H,2,6H2,1H3. The third kappa shape index (κ3) is 3.30. The van der Waals surface area contributed by atoms with Gasteiger partial charge in [0.25, 0.3) is 0 Å². The van der Waals surface area contributed by atoms with Crippen LogP contribution < -0.4 is 5.32 Å². The Morgan fingerprint density at radius 2 is 2.00 bits per heavy atom. The van der Waals surface area contributed by atoms with Crippen LogP contribution in [0.15, 0.2) is 32.5 Å². The fourth-order valence-corrected chi connectivity index (χ4v) is 3.46. The van der Waals surface area contributed by atoms with Crippen molar-refractivity contribution >= 4 is 48.9 Å². The Hall–Kier alpha value is -0.390. The van der Waals surface area contributed by atoms with E-state index < -0.39 is 0 Å². The van der Waals surface area contributed by atoms with Gasteiger partial charge in [0.15, 0.2) is 0 Å². The molecule has 0 atom stereocenters. The fourth-order valence-electron chi connectivity index (χ4n) is 1.44. The van der Waals surface area contributed by atoms with Crippen molar-refractivity contribution in [3.8, 4) is 0 Å². The molecule has 0 bridgehead atoms. The van der Waals surface area contributed by atoms with Crippen LogP contribution in [0.1, 0.15) is 17.6 Å². The number of aryl methyl sites for hydroxylation is 1. The van der Waals surface area contributed by atoms with Gasteiger partial charge in [-0.05, 0) is 50.4 Å². The van der Waals surface area contributed by atoms with Gasteiger partial charge in [-0.15, -0.1) is 11.3 Å². The van der Waals surface area contributed by atoms with E-state index in [0.29, 0.717) is 0 Å². The number of hydrogen-bond donors (Lipinski definition) is 1. The number of para-hydroxylation sites is 1. The quantitative estimate of drug-likeness (QED) is 0.826. The van der Waals surface area contributed by atoms with Gasteiger partial charge in [0, 0.05) is 14.3 Å². The lowest BCUT2D eigenvalue weighted by molar-refractivity contribution is 1.01. The van der Waals surface area contributed by atoms with Crippen molar-refractivity contribution in [2.75, 3.05) is 5.32 Å². The number of nitrogens with one attached hydrogen (secondary N) is 1. The van der Waals surface area contributed by atoms with Gasteiger partial charge in [-0.3, -0.25) is 0 Å². The number of halogens is 2. The first-order valence-electron chi connectivity index (χ1n) is 5.32. The van der Waals surface area contributed by atoms with Crippen LogP contribution in [0, 0.1) is 0 Å². The molecule has 1 N–H and O–H groups in total. The molecule has 1 aromatic carbocycles. The first kappa shape index (κ1) is 13.1. The van der Waals surface area contributed by atoms with Gasteiger partial charge >= 0.3 is 0 Å². The molecule has 90 valence electrons. The molecule has 0 saturated carbocycles. The SMILES string of the molecule is CCc1nc(CNc2c(Br)cccc2Br)cs1. The number of benzene rings is 1. The molecule has 0 amide bonds. The Morgan fingerprint density at radius 3 is 2.59 bits per heavy atom. The topological polar surface area (TPSA) is 24.9 Å². The van der Waals surface area contributed by atoms with Crippen molar-refractivity contribution in [1.82, 2.24) is 4.98 Å². The summed E-state index contributed by atoms with van der Waals surface area (Å²) in [5.41, 5.74) is 2.16. The van der Waals surface area contributed by atoms with Crippen molar-refractivity contribution in [3.05, 3.63) is 43.2 Å². The van der Waals surface area contributed by atoms with Crippen molar-refractivity contribution in [3.63, 3.8) is 0 Å². The van der Waals surface area contributed by atoms with E-state index in [2.05, 4.69) is 54.5 Å². The Morgan fingerprint density at radius 1 is 1.29 bits per heavy atom. The van der Waals surface area contributed by atoms with Crippen LogP contribution >= 0.6 is 43.2 Å². The molecule has 0 aliphatic carbocycles. The summed E-state index contributed by atoms with van der Waals surface area (Å²) in [7, 11) is 0. The highest BCUT2D eigenvalue weighted by Gasteiger charge is 2.05. The highest BCUT2D eigenvalue weighted by Crippen LogP contribution is 2.30. The summed E-state index contributed by atoms with van der Waals surface area (Å²) < 4.78 is 2.11. The van der Waals surface area contributed by atoms with Gasteiger partial charge in [0.05, 0.1) is 22.9 Å². The van der Waals surface area contributed by atoms with Crippen molar-refractivity contribution in [2.24, 2.45) is 0 Å². The van der Waals surface area contributed by atoms with E-state index in [4.69, 9.17) is 0 Å². The summed E-state index contributed by atoms with van der Waals surface area (Å²) in [6.45, 7) is 2.87. The number of hydrogen-bond acceptors (Lipinski definition) is 3. The second-order valence-electron chi connectivity index (χ2n) is 3.54. The molecule has 0 saturated heterocycles. The minimum absolute atomic E-state index is 0.748. The van der Waals surface area contributed by atoms with Gasteiger partial charge < -0.3 is 5.32 Å². The average molecular weight is 376 g/mol. The Bertz CT molecular complexity index is 491. The molecule has 0 unspecified atom stereocenters. The van der Waals surface area contributed by atoms with Gasteiger partial charge in [-0.2, -0.15) is 0 Å². The highest BCUT2D eigenvalue weighted by atomic mass is 79.9. The molecule has 0 aliphatic heterocycles. The first-order valence-corrected chi connectivity index (χ1v) is 7.78. The van der Waals surface area contributed by atoms with Gasteiger partial charge in [0.2, 0.25) is 0 Å². The van der Waals surface area contributed by atoms with Crippen molar-refractivity contribution in [1.29, 1.82) is 0 Å². The monoisotopic (exact) mass is 374 g/mol. The molecule has 2 nitrogen and oxygen atoms in total. The van der Waals surface area contributed by atoms with Crippen LogP contribution in [-0.4, -0.2) is 4.98 Å². The highest BCUT2D eigenvalue weighted by molar-refractivity contribution is 9.11. The molecule has 0 aliphatic rings. The van der Waals surface area contributed by atoms with Crippen LogP contribution in [0.5, 0.6) is 0 Å². The maximum atomic E-state index is 4.53. The molecule has 0 spiro atoms. The van der Waals surface area contributed by atoms with Crippen LogP contribution in [0.3, 0.4) is 0 Å². The van der Waals surface area contributed by atoms with Gasteiger partial charge in [-0.1, -0.05) is 13.0 Å². The van der Waals surface area contributed by atoms with E-state index in [0.717, 1.165) is 33.3 Å². The van der Waals surface area contributed by atoms with Crippen LogP contribution in [0.2, 0.25) is 0 Å². The van der Waals surface area contributed by atoms with Gasteiger partial charge in [0.1, 0.15) is 0 Å². The summed E-state index contributed by atoms with van der Waals surface area (Å²) in [4.78, 5) is 4.53. The molecule has 1 aromatic heterocycles. The van der Waals surface area contributed by atoms with Crippen LogP contribution in [0.25, 0.3) is 0 Å². The summed E-state index contributed by atoms with van der Waals surface area (Å²) >= 11 is 8.78. The minimum Gasteiger partial charge on any atom is -0.378 e. The molecular formula is C12H12Br2N2S. The smallest absolute Gasteiger partial charge is 0.0926 e. The molecule has 2 rings (SSSR count). The summed E-state index contributed by atoms with van der Waals surface area (Å²) in [5, 5.41) is 6.68. The number of aromatic nitrogens is 1. The lowest BCUT2D eigenvalue weighted by Crippen LogP contribution is -2.01. The lowest BCUT2D eigenvalue weighted by atomic mass is 10.3. The van der Waals surface area contributed by atoms with Crippen LogP contribution in [-0.2, 0) is 13.0 Å². The van der Waals surface area contributed by atoms with E-state index in [-0.39, 0.29) is 0 Å². The predicted octanol–water partition coefficient (Wildman–Crippen LogP) is 4.84. The van der Waals surface area contributed by atoms with E-state index in [1.54, 1.807) is 11.3 Å². The molecule has 5 heteroatoms. The Balaban J connectivity index is 2.07. The number of anilines is 1. The summed E-state index contributed by atoms with van der Waals surface area (Å²) in [6, 6.07) is 6.04.